The van der Waals surface area contributed by atoms with Gasteiger partial charge in [0.1, 0.15) is 0 Å². The topological polar surface area (TPSA) is 0 Å². The van der Waals surface area contributed by atoms with Crippen molar-refractivity contribution < 1.29 is 0 Å². The van der Waals surface area contributed by atoms with Crippen LogP contribution in [-0.4, -0.2) is 0 Å². The molecule has 0 radical (unpaired) electrons. The molecule has 0 fully saturated rings. The van der Waals surface area contributed by atoms with Crippen LogP contribution in [0.1, 0.15) is 25.3 Å². The molecule has 0 spiro atoms. The van der Waals surface area contributed by atoms with Gasteiger partial charge in [-0.2, -0.15) is 0 Å². The third-order valence-electron chi connectivity index (χ3n) is 2.72. The zero-order chi connectivity index (χ0) is 11.5. The van der Waals surface area contributed by atoms with E-state index in [1.54, 1.807) is 0 Å². The quantitative estimate of drug-likeness (QED) is 0.671. The average molecular weight is 231 g/mol. The molecule has 0 aromatic heterocycles. The first kappa shape index (κ1) is 11.2. The molecule has 2 aromatic rings. The molecule has 0 aliphatic rings. The molecule has 1 heteroatoms. The maximum atomic E-state index is 6.07. The zero-order valence-corrected chi connectivity index (χ0v) is 10.3. The van der Waals surface area contributed by atoms with Gasteiger partial charge in [0.05, 0.1) is 0 Å². The molecule has 0 unspecified atom stereocenters. The fourth-order valence-corrected chi connectivity index (χ4v) is 2.07. The van der Waals surface area contributed by atoms with Crippen molar-refractivity contribution in [2.24, 2.45) is 0 Å². The summed E-state index contributed by atoms with van der Waals surface area (Å²) in [4.78, 5) is 0. The Morgan fingerprint density at radius 3 is 2.25 bits per heavy atom. The van der Waals surface area contributed by atoms with E-state index in [-0.39, 0.29) is 0 Å². The van der Waals surface area contributed by atoms with E-state index >= 15 is 0 Å². The van der Waals surface area contributed by atoms with E-state index < -0.39 is 0 Å². The van der Waals surface area contributed by atoms with Crippen LogP contribution in [0.15, 0.2) is 48.5 Å². The predicted octanol–water partition coefficient (Wildman–Crippen LogP) is 5.13. The Balaban J connectivity index is 2.58. The fraction of sp³-hybridized carbons (Fsp3) is 0.200. The van der Waals surface area contributed by atoms with Crippen LogP contribution in [0, 0.1) is 0 Å². The highest BCUT2D eigenvalue weighted by Gasteiger charge is 2.08. The van der Waals surface area contributed by atoms with Crippen LogP contribution in [0.2, 0.25) is 5.02 Å². The van der Waals surface area contributed by atoms with Gasteiger partial charge in [0, 0.05) is 5.02 Å². The highest BCUT2D eigenvalue weighted by molar-refractivity contribution is 6.30. The standard InChI is InChI=1S/C15H15Cl/c1-11(2)14-9-8-13(16)10-15(14)12-6-4-3-5-7-12/h3-11H,1-2H3. The number of benzene rings is 2. The summed E-state index contributed by atoms with van der Waals surface area (Å²) in [5.74, 6) is 0.507. The summed E-state index contributed by atoms with van der Waals surface area (Å²) in [5.41, 5.74) is 3.81. The summed E-state index contributed by atoms with van der Waals surface area (Å²) in [6.45, 7) is 4.41. The third kappa shape index (κ3) is 2.28. The number of hydrogen-bond donors (Lipinski definition) is 0. The SMILES string of the molecule is CC(C)c1ccc(Cl)cc1-c1ccccc1. The van der Waals surface area contributed by atoms with Crippen molar-refractivity contribution in [2.45, 2.75) is 19.8 Å². The van der Waals surface area contributed by atoms with Gasteiger partial charge in [-0.1, -0.05) is 61.8 Å². The van der Waals surface area contributed by atoms with E-state index in [0.717, 1.165) is 5.02 Å². The van der Waals surface area contributed by atoms with Gasteiger partial charge in [-0.25, -0.2) is 0 Å². The summed E-state index contributed by atoms with van der Waals surface area (Å²) < 4.78 is 0. The molecule has 0 atom stereocenters. The number of halogens is 1. The van der Waals surface area contributed by atoms with Crippen molar-refractivity contribution in [3.8, 4) is 11.1 Å². The Morgan fingerprint density at radius 2 is 1.62 bits per heavy atom. The van der Waals surface area contributed by atoms with E-state index in [0.29, 0.717) is 5.92 Å². The van der Waals surface area contributed by atoms with Gasteiger partial charge < -0.3 is 0 Å². The zero-order valence-electron chi connectivity index (χ0n) is 9.57. The Bertz CT molecular complexity index is 472. The lowest BCUT2D eigenvalue weighted by Crippen LogP contribution is -1.92. The molecule has 0 saturated heterocycles. The molecule has 0 heterocycles. The maximum Gasteiger partial charge on any atom is 0.0412 e. The molecule has 0 nitrogen and oxygen atoms in total. The first-order valence-electron chi connectivity index (χ1n) is 5.53. The summed E-state index contributed by atoms with van der Waals surface area (Å²) in [6, 6.07) is 16.5. The van der Waals surface area contributed by atoms with Crippen molar-refractivity contribution in [3.63, 3.8) is 0 Å². The van der Waals surface area contributed by atoms with E-state index in [4.69, 9.17) is 11.6 Å². The maximum absolute atomic E-state index is 6.07. The van der Waals surface area contributed by atoms with E-state index in [9.17, 15) is 0 Å². The Hall–Kier alpha value is -1.27. The van der Waals surface area contributed by atoms with Crippen molar-refractivity contribution in [1.29, 1.82) is 0 Å². The van der Waals surface area contributed by atoms with Gasteiger partial charge in [0.2, 0.25) is 0 Å². The molecule has 0 saturated carbocycles. The minimum Gasteiger partial charge on any atom is -0.0843 e. The van der Waals surface area contributed by atoms with Crippen LogP contribution >= 0.6 is 11.6 Å². The monoisotopic (exact) mass is 230 g/mol. The Kier molecular flexibility index (Phi) is 3.31. The predicted molar refractivity (Wildman–Crippen MR) is 71.0 cm³/mol. The fourth-order valence-electron chi connectivity index (χ4n) is 1.90. The van der Waals surface area contributed by atoms with Gasteiger partial charge in [-0.05, 0) is 34.7 Å². The molecule has 2 rings (SSSR count). The highest BCUT2D eigenvalue weighted by Crippen LogP contribution is 2.31. The summed E-state index contributed by atoms with van der Waals surface area (Å²) in [6.07, 6.45) is 0. The van der Waals surface area contributed by atoms with Crippen LogP contribution in [0.5, 0.6) is 0 Å². The molecule has 16 heavy (non-hydrogen) atoms. The molecular weight excluding hydrogens is 216 g/mol. The van der Waals surface area contributed by atoms with Crippen LogP contribution in [0.4, 0.5) is 0 Å². The van der Waals surface area contributed by atoms with Crippen LogP contribution in [0.25, 0.3) is 11.1 Å². The van der Waals surface area contributed by atoms with Gasteiger partial charge in [0.25, 0.3) is 0 Å². The third-order valence-corrected chi connectivity index (χ3v) is 2.96. The molecule has 0 bridgehead atoms. The molecule has 0 amide bonds. The second-order valence-corrected chi connectivity index (χ2v) is 4.69. The van der Waals surface area contributed by atoms with E-state index in [1.807, 2.05) is 18.2 Å². The van der Waals surface area contributed by atoms with Gasteiger partial charge in [-0.3, -0.25) is 0 Å². The average Bonchev–Trinajstić information content (AvgIpc) is 2.29. The van der Waals surface area contributed by atoms with Crippen LogP contribution in [-0.2, 0) is 0 Å². The molecule has 82 valence electrons. The van der Waals surface area contributed by atoms with Crippen molar-refractivity contribution >= 4 is 11.6 Å². The summed E-state index contributed by atoms with van der Waals surface area (Å²) >= 11 is 6.07. The highest BCUT2D eigenvalue weighted by atomic mass is 35.5. The summed E-state index contributed by atoms with van der Waals surface area (Å²) in [5, 5.41) is 0.795. The van der Waals surface area contributed by atoms with Crippen molar-refractivity contribution in [3.05, 3.63) is 59.1 Å². The molecule has 0 aliphatic carbocycles. The van der Waals surface area contributed by atoms with Crippen molar-refractivity contribution in [2.75, 3.05) is 0 Å². The van der Waals surface area contributed by atoms with E-state index in [1.165, 1.54) is 16.7 Å². The lowest BCUT2D eigenvalue weighted by atomic mass is 9.93. The number of hydrogen-bond acceptors (Lipinski definition) is 0. The van der Waals surface area contributed by atoms with Gasteiger partial charge in [0.15, 0.2) is 0 Å². The Morgan fingerprint density at radius 1 is 0.938 bits per heavy atom. The first-order valence-corrected chi connectivity index (χ1v) is 5.91. The van der Waals surface area contributed by atoms with Crippen LogP contribution in [0.3, 0.4) is 0 Å². The second-order valence-electron chi connectivity index (χ2n) is 4.25. The molecule has 2 aromatic carbocycles. The first-order chi connectivity index (χ1) is 7.68. The minimum absolute atomic E-state index is 0.507. The molecule has 0 aliphatic heterocycles. The van der Waals surface area contributed by atoms with Crippen LogP contribution < -0.4 is 0 Å². The normalized spacial score (nSPS) is 10.8. The largest absolute Gasteiger partial charge is 0.0843 e. The Labute approximate surface area is 102 Å². The molecule has 0 N–H and O–H groups in total. The number of rotatable bonds is 2. The van der Waals surface area contributed by atoms with E-state index in [2.05, 4.69) is 44.2 Å². The smallest absolute Gasteiger partial charge is 0.0412 e. The lowest BCUT2D eigenvalue weighted by Gasteiger charge is -2.13. The minimum atomic E-state index is 0.507. The summed E-state index contributed by atoms with van der Waals surface area (Å²) in [7, 11) is 0. The van der Waals surface area contributed by atoms with Crippen molar-refractivity contribution in [1.82, 2.24) is 0 Å². The molecular formula is C15H15Cl. The van der Waals surface area contributed by atoms with Gasteiger partial charge >= 0.3 is 0 Å². The van der Waals surface area contributed by atoms with Gasteiger partial charge in [-0.15, -0.1) is 0 Å². The lowest BCUT2D eigenvalue weighted by molar-refractivity contribution is 0.869. The second kappa shape index (κ2) is 4.71.